The second-order valence-electron chi connectivity index (χ2n) is 5.50. The van der Waals surface area contributed by atoms with Crippen LogP contribution in [0.5, 0.6) is 0 Å². The van der Waals surface area contributed by atoms with E-state index in [2.05, 4.69) is 4.31 Å². The Bertz CT molecular complexity index is 394. The molecule has 0 atom stereocenters. The van der Waals surface area contributed by atoms with E-state index in [1.165, 1.54) is 0 Å². The first-order chi connectivity index (χ1) is 11.8. The van der Waals surface area contributed by atoms with Crippen LogP contribution in [0.1, 0.15) is 0 Å². The highest BCUT2D eigenvalue weighted by molar-refractivity contribution is 7.60. The van der Waals surface area contributed by atoms with Crippen LogP contribution >= 0.6 is 15.6 Å². The summed E-state index contributed by atoms with van der Waals surface area (Å²) in [5.41, 5.74) is -2.32. The quantitative estimate of drug-likeness (QED) is 0.132. The van der Waals surface area contributed by atoms with Gasteiger partial charge in [-0.2, -0.15) is 4.31 Å². The average Bonchev–Trinajstić information content (AvgIpc) is 2.54. The van der Waals surface area contributed by atoms with Crippen LogP contribution < -0.4 is 0 Å². The molecule has 0 aliphatic carbocycles. The van der Waals surface area contributed by atoms with Crippen LogP contribution in [0.15, 0.2) is 0 Å². The molecule has 0 rings (SSSR count). The van der Waals surface area contributed by atoms with Gasteiger partial charge < -0.3 is 54.9 Å². The number of aliphatic hydroxyl groups is 6. The first kappa shape index (κ1) is 28.2. The number of phosphoric acid groups is 2. The molecule has 0 aliphatic rings. The molecule has 0 fully saturated rings. The molecule has 0 radical (unpaired) electrons. The van der Waals surface area contributed by atoms with Gasteiger partial charge in [-0.25, -0.2) is 9.13 Å². The van der Waals surface area contributed by atoms with Crippen molar-refractivity contribution < 1.29 is 68.4 Å². The molecular formula is C10H26O14P2. The lowest BCUT2D eigenvalue weighted by Crippen LogP contribution is -2.43. The van der Waals surface area contributed by atoms with Gasteiger partial charge in [0.1, 0.15) is 0 Å². The molecule has 0 heterocycles. The Morgan fingerprint density at radius 2 is 0.808 bits per heavy atom. The molecule has 0 saturated carbocycles. The van der Waals surface area contributed by atoms with Crippen LogP contribution in [-0.2, 0) is 18.2 Å². The monoisotopic (exact) mass is 432 g/mol. The van der Waals surface area contributed by atoms with Gasteiger partial charge in [0, 0.05) is 0 Å². The molecule has 0 unspecified atom stereocenters. The van der Waals surface area contributed by atoms with E-state index < -0.39 is 66.1 Å². The Morgan fingerprint density at radius 3 is 0.923 bits per heavy atom. The van der Waals surface area contributed by atoms with Gasteiger partial charge in [-0.1, -0.05) is 0 Å². The Balaban J connectivity index is 0. The molecule has 10 N–H and O–H groups in total. The predicted molar refractivity (Wildman–Crippen MR) is 83.4 cm³/mol. The number of rotatable bonds is 12. The molecule has 0 saturated heterocycles. The third kappa shape index (κ3) is 12.4. The lowest BCUT2D eigenvalue weighted by atomic mass is 9.91. The van der Waals surface area contributed by atoms with Crippen molar-refractivity contribution in [3.05, 3.63) is 0 Å². The molecule has 0 aromatic heterocycles. The third-order valence-electron chi connectivity index (χ3n) is 3.04. The summed E-state index contributed by atoms with van der Waals surface area (Å²) in [7, 11) is -10.1. The molecule has 0 aromatic rings. The van der Waals surface area contributed by atoms with Gasteiger partial charge in [-0.3, -0.25) is 0 Å². The first-order valence-corrected chi connectivity index (χ1v) is 9.89. The standard InChI is InChI=1S/C10H22O7.H4O7P2/c11-1-9(2-12,3-13)7-17-8-10(4-14,5-15)6-16;1-8(2,3)7-9(4,5)6/h11-16H,1-8H2;(H2,1,2,3)(H2,4,5,6). The highest BCUT2D eigenvalue weighted by atomic mass is 31.3. The smallest absolute Gasteiger partial charge is 0.396 e. The van der Waals surface area contributed by atoms with Gasteiger partial charge in [0.25, 0.3) is 0 Å². The van der Waals surface area contributed by atoms with Crippen molar-refractivity contribution in [1.29, 1.82) is 0 Å². The molecule has 0 aromatic carbocycles. The van der Waals surface area contributed by atoms with Gasteiger partial charge in [0.2, 0.25) is 0 Å². The summed E-state index contributed by atoms with van der Waals surface area (Å²) in [6, 6.07) is 0. The molecule has 16 heteroatoms. The number of hydrogen-bond acceptors (Lipinski definition) is 10. The SMILES string of the molecule is O=P(O)(O)OP(=O)(O)O.OCC(CO)(CO)COCC(CO)(CO)CO. The van der Waals surface area contributed by atoms with Crippen LogP contribution in [0.4, 0.5) is 0 Å². The van der Waals surface area contributed by atoms with E-state index in [9.17, 15) is 9.13 Å². The zero-order valence-electron chi connectivity index (χ0n) is 13.7. The minimum absolute atomic E-state index is 0.141. The van der Waals surface area contributed by atoms with Gasteiger partial charge >= 0.3 is 15.6 Å². The van der Waals surface area contributed by atoms with Crippen molar-refractivity contribution in [2.24, 2.45) is 10.8 Å². The fourth-order valence-electron chi connectivity index (χ4n) is 1.20. The van der Waals surface area contributed by atoms with Crippen LogP contribution in [0.2, 0.25) is 0 Å². The Labute approximate surface area is 148 Å². The fraction of sp³-hybridized carbons (Fsp3) is 1.00. The fourth-order valence-corrected chi connectivity index (χ4v) is 2.30. The number of ether oxygens (including phenoxy) is 1. The summed E-state index contributed by atoms with van der Waals surface area (Å²) in [6.45, 7) is -3.01. The molecular weight excluding hydrogens is 406 g/mol. The molecule has 26 heavy (non-hydrogen) atoms. The van der Waals surface area contributed by atoms with Crippen molar-refractivity contribution in [2.45, 2.75) is 0 Å². The van der Waals surface area contributed by atoms with Gasteiger partial charge in [-0.05, 0) is 0 Å². The zero-order chi connectivity index (χ0) is 21.1. The van der Waals surface area contributed by atoms with Crippen molar-refractivity contribution in [2.75, 3.05) is 52.9 Å². The highest BCUT2D eigenvalue weighted by Gasteiger charge is 2.32. The topological polar surface area (TPSA) is 255 Å². The van der Waals surface area contributed by atoms with Crippen molar-refractivity contribution in [3.63, 3.8) is 0 Å². The van der Waals surface area contributed by atoms with E-state index in [1.807, 2.05) is 0 Å². The minimum Gasteiger partial charge on any atom is -0.396 e. The maximum absolute atomic E-state index is 9.63. The summed E-state index contributed by atoms with van der Waals surface area (Å²) < 4.78 is 27.4. The van der Waals surface area contributed by atoms with Crippen LogP contribution in [-0.4, -0.2) is 103 Å². The van der Waals surface area contributed by atoms with E-state index in [-0.39, 0.29) is 13.2 Å². The second-order valence-corrected chi connectivity index (χ2v) is 8.12. The number of hydrogen-bond donors (Lipinski definition) is 10. The first-order valence-electron chi connectivity index (χ1n) is 6.83. The van der Waals surface area contributed by atoms with Gasteiger partial charge in [0.05, 0.1) is 63.7 Å². The normalized spacial score (nSPS) is 13.3. The molecule has 0 amide bonds. The number of aliphatic hydroxyl groups excluding tert-OH is 6. The van der Waals surface area contributed by atoms with Crippen molar-refractivity contribution >= 4 is 15.6 Å². The van der Waals surface area contributed by atoms with E-state index in [4.69, 9.17) is 54.9 Å². The summed E-state index contributed by atoms with van der Waals surface area (Å²) in [5.74, 6) is 0. The Kier molecular flexibility index (Phi) is 13.5. The van der Waals surface area contributed by atoms with Crippen molar-refractivity contribution in [3.8, 4) is 0 Å². The van der Waals surface area contributed by atoms with Crippen LogP contribution in [0, 0.1) is 10.8 Å². The molecule has 0 spiro atoms. The average molecular weight is 432 g/mol. The Morgan fingerprint density at radius 1 is 0.577 bits per heavy atom. The van der Waals surface area contributed by atoms with E-state index in [0.717, 1.165) is 0 Å². The molecule has 0 aliphatic heterocycles. The summed E-state index contributed by atoms with van der Waals surface area (Å²) >= 11 is 0. The van der Waals surface area contributed by atoms with E-state index >= 15 is 0 Å². The highest BCUT2D eigenvalue weighted by Crippen LogP contribution is 2.53. The maximum atomic E-state index is 9.63. The minimum atomic E-state index is -5.05. The summed E-state index contributed by atoms with van der Waals surface area (Å²) in [4.78, 5) is 31.0. The predicted octanol–water partition coefficient (Wildman–Crippen LogP) is -3.88. The van der Waals surface area contributed by atoms with E-state index in [1.54, 1.807) is 0 Å². The summed E-state index contributed by atoms with van der Waals surface area (Å²) in [5, 5.41) is 54.2. The van der Waals surface area contributed by atoms with E-state index in [0.29, 0.717) is 0 Å². The Hall–Kier alpha value is -0.0200. The van der Waals surface area contributed by atoms with Crippen LogP contribution in [0.3, 0.4) is 0 Å². The lowest BCUT2D eigenvalue weighted by Gasteiger charge is -2.31. The maximum Gasteiger partial charge on any atom is 0.478 e. The van der Waals surface area contributed by atoms with Crippen LogP contribution in [0.25, 0.3) is 0 Å². The van der Waals surface area contributed by atoms with Gasteiger partial charge in [-0.15, -0.1) is 0 Å². The lowest BCUT2D eigenvalue weighted by molar-refractivity contribution is -0.103. The third-order valence-corrected chi connectivity index (χ3v) is 4.74. The second kappa shape index (κ2) is 12.4. The van der Waals surface area contributed by atoms with Crippen molar-refractivity contribution in [1.82, 2.24) is 0 Å². The molecule has 160 valence electrons. The van der Waals surface area contributed by atoms with Gasteiger partial charge in [0.15, 0.2) is 0 Å². The largest absolute Gasteiger partial charge is 0.478 e. The summed E-state index contributed by atoms with van der Waals surface area (Å²) in [6.07, 6.45) is 0. The molecule has 0 bridgehead atoms. The molecule has 14 nitrogen and oxygen atoms in total. The zero-order valence-corrected chi connectivity index (χ0v) is 15.4.